The molecule has 0 amide bonds. The molecule has 0 aromatic heterocycles. The van der Waals surface area contributed by atoms with Crippen LogP contribution in [0.25, 0.3) is 0 Å². The molecule has 0 heterocycles. The summed E-state index contributed by atoms with van der Waals surface area (Å²) < 4.78 is 1.02. The number of benzene rings is 1. The summed E-state index contributed by atoms with van der Waals surface area (Å²) in [6.07, 6.45) is 1.70. The van der Waals surface area contributed by atoms with E-state index in [0.717, 1.165) is 10.0 Å². The Balaban J connectivity index is 2.65. The van der Waals surface area contributed by atoms with Crippen molar-refractivity contribution in [2.75, 3.05) is 0 Å². The molecule has 1 aromatic carbocycles. The fourth-order valence-electron chi connectivity index (χ4n) is 0.821. The van der Waals surface area contributed by atoms with Crippen molar-refractivity contribution in [2.24, 2.45) is 5.16 Å². The monoisotopic (exact) mass is 255 g/mol. The molecule has 0 aliphatic rings. The minimum absolute atomic E-state index is 0.238. The largest absolute Gasteiger partial charge is 0.390 e. The zero-order valence-corrected chi connectivity index (χ0v) is 10.2. The van der Waals surface area contributed by atoms with Gasteiger partial charge in [-0.05, 0) is 26.8 Å². The Morgan fingerprint density at radius 2 is 1.93 bits per heavy atom. The molecule has 0 radical (unpaired) electrons. The van der Waals surface area contributed by atoms with E-state index in [2.05, 4.69) is 21.1 Å². The van der Waals surface area contributed by atoms with Crippen LogP contribution in [0.3, 0.4) is 0 Å². The van der Waals surface area contributed by atoms with Crippen LogP contribution in [0, 0.1) is 0 Å². The predicted octanol–water partition coefficient (Wildman–Crippen LogP) is 3.60. The number of halogens is 1. The quantitative estimate of drug-likeness (QED) is 0.585. The zero-order valence-electron chi connectivity index (χ0n) is 8.62. The van der Waals surface area contributed by atoms with Gasteiger partial charge in [0, 0.05) is 10.0 Å². The second-order valence-corrected chi connectivity index (χ2v) is 4.81. The van der Waals surface area contributed by atoms with Crippen LogP contribution in [-0.4, -0.2) is 11.8 Å². The van der Waals surface area contributed by atoms with Gasteiger partial charge in [0.1, 0.15) is 5.60 Å². The highest BCUT2D eigenvalue weighted by molar-refractivity contribution is 9.10. The summed E-state index contributed by atoms with van der Waals surface area (Å²) >= 11 is 3.43. The fourth-order valence-corrected chi connectivity index (χ4v) is 1.21. The van der Waals surface area contributed by atoms with Crippen molar-refractivity contribution in [1.29, 1.82) is 0 Å². The molecule has 0 unspecified atom stereocenters. The standard InChI is InChI=1S/C11H14BrNO/c1-11(2,3)14-13-8-9-6-4-5-7-10(9)12/h4-8H,1-3H3. The lowest BCUT2D eigenvalue weighted by Crippen LogP contribution is -2.15. The zero-order chi connectivity index (χ0) is 10.6. The van der Waals surface area contributed by atoms with Crippen molar-refractivity contribution in [1.82, 2.24) is 0 Å². The minimum Gasteiger partial charge on any atom is -0.390 e. The first kappa shape index (κ1) is 11.2. The van der Waals surface area contributed by atoms with E-state index in [4.69, 9.17) is 4.84 Å². The lowest BCUT2D eigenvalue weighted by atomic mass is 10.2. The molecule has 3 heteroatoms. The molecule has 14 heavy (non-hydrogen) atoms. The predicted molar refractivity (Wildman–Crippen MR) is 62.6 cm³/mol. The highest BCUT2D eigenvalue weighted by atomic mass is 79.9. The molecule has 0 fully saturated rings. The van der Waals surface area contributed by atoms with Crippen molar-refractivity contribution in [3.63, 3.8) is 0 Å². The van der Waals surface area contributed by atoms with E-state index in [-0.39, 0.29) is 5.60 Å². The first-order valence-electron chi connectivity index (χ1n) is 4.45. The summed E-state index contributed by atoms with van der Waals surface area (Å²) in [6.45, 7) is 5.89. The van der Waals surface area contributed by atoms with E-state index in [1.165, 1.54) is 0 Å². The Morgan fingerprint density at radius 1 is 1.29 bits per heavy atom. The lowest BCUT2D eigenvalue weighted by molar-refractivity contribution is 0.00199. The third-order valence-electron chi connectivity index (χ3n) is 1.42. The first-order chi connectivity index (χ1) is 6.49. The van der Waals surface area contributed by atoms with Gasteiger partial charge in [-0.2, -0.15) is 0 Å². The Labute approximate surface area is 93.1 Å². The van der Waals surface area contributed by atoms with Crippen LogP contribution in [0.5, 0.6) is 0 Å². The van der Waals surface area contributed by atoms with Crippen molar-refractivity contribution in [3.05, 3.63) is 34.3 Å². The molecule has 76 valence electrons. The molecule has 0 atom stereocenters. The average molecular weight is 256 g/mol. The fraction of sp³-hybridized carbons (Fsp3) is 0.364. The Morgan fingerprint density at radius 3 is 2.50 bits per heavy atom. The van der Waals surface area contributed by atoms with E-state index in [0.29, 0.717) is 0 Å². The number of rotatable bonds is 2. The second kappa shape index (κ2) is 4.60. The second-order valence-electron chi connectivity index (χ2n) is 3.96. The molecule has 0 spiro atoms. The molecule has 1 rings (SSSR count). The van der Waals surface area contributed by atoms with Crippen LogP contribution in [0.1, 0.15) is 26.3 Å². The van der Waals surface area contributed by atoms with Gasteiger partial charge in [0.05, 0.1) is 6.21 Å². The smallest absolute Gasteiger partial charge is 0.129 e. The summed E-state index contributed by atoms with van der Waals surface area (Å²) in [7, 11) is 0. The maximum Gasteiger partial charge on any atom is 0.129 e. The molecule has 2 nitrogen and oxygen atoms in total. The summed E-state index contributed by atoms with van der Waals surface area (Å²) in [6, 6.07) is 7.87. The molecule has 1 aromatic rings. The van der Waals surface area contributed by atoms with Gasteiger partial charge in [0.2, 0.25) is 0 Å². The lowest BCUT2D eigenvalue weighted by Gasteiger charge is -2.14. The van der Waals surface area contributed by atoms with E-state index in [9.17, 15) is 0 Å². The van der Waals surface area contributed by atoms with Gasteiger partial charge in [-0.15, -0.1) is 0 Å². The van der Waals surface area contributed by atoms with Crippen LogP contribution >= 0.6 is 15.9 Å². The molecule has 0 N–H and O–H groups in total. The molecule has 0 aliphatic heterocycles. The molecule has 0 saturated carbocycles. The van der Waals surface area contributed by atoms with Gasteiger partial charge >= 0.3 is 0 Å². The van der Waals surface area contributed by atoms with Crippen LogP contribution in [0.2, 0.25) is 0 Å². The van der Waals surface area contributed by atoms with Gasteiger partial charge in [0.25, 0.3) is 0 Å². The van der Waals surface area contributed by atoms with E-state index in [1.807, 2.05) is 45.0 Å². The van der Waals surface area contributed by atoms with Crippen molar-refractivity contribution in [3.8, 4) is 0 Å². The van der Waals surface area contributed by atoms with Gasteiger partial charge in [-0.3, -0.25) is 0 Å². The first-order valence-corrected chi connectivity index (χ1v) is 5.24. The van der Waals surface area contributed by atoms with Gasteiger partial charge in [-0.25, -0.2) is 0 Å². The highest BCUT2D eigenvalue weighted by Gasteiger charge is 2.09. The summed E-state index contributed by atoms with van der Waals surface area (Å²) in [5.41, 5.74) is 0.773. The maximum atomic E-state index is 5.24. The normalized spacial score (nSPS) is 12.0. The number of hydrogen-bond acceptors (Lipinski definition) is 2. The van der Waals surface area contributed by atoms with Gasteiger partial charge in [-0.1, -0.05) is 39.3 Å². The summed E-state index contributed by atoms with van der Waals surface area (Å²) in [5, 5.41) is 3.92. The van der Waals surface area contributed by atoms with Crippen molar-refractivity contribution in [2.45, 2.75) is 26.4 Å². The van der Waals surface area contributed by atoms with Crippen molar-refractivity contribution >= 4 is 22.1 Å². The molecule has 0 bridgehead atoms. The van der Waals surface area contributed by atoms with Gasteiger partial charge < -0.3 is 4.84 Å². The van der Waals surface area contributed by atoms with Gasteiger partial charge in [0.15, 0.2) is 0 Å². The van der Waals surface area contributed by atoms with Crippen LogP contribution in [-0.2, 0) is 4.84 Å². The minimum atomic E-state index is -0.238. The number of oxime groups is 1. The van der Waals surface area contributed by atoms with E-state index >= 15 is 0 Å². The number of hydrogen-bond donors (Lipinski definition) is 0. The van der Waals surface area contributed by atoms with E-state index in [1.54, 1.807) is 6.21 Å². The highest BCUT2D eigenvalue weighted by Crippen LogP contribution is 2.14. The van der Waals surface area contributed by atoms with Crippen LogP contribution in [0.4, 0.5) is 0 Å². The molecule has 0 saturated heterocycles. The SMILES string of the molecule is CC(C)(C)ON=Cc1ccccc1Br. The number of nitrogens with zero attached hydrogens (tertiary/aromatic N) is 1. The Bertz CT molecular complexity index is 328. The van der Waals surface area contributed by atoms with Crippen LogP contribution in [0.15, 0.2) is 33.9 Å². The summed E-state index contributed by atoms with van der Waals surface area (Å²) in [5.74, 6) is 0. The Kier molecular flexibility index (Phi) is 3.69. The summed E-state index contributed by atoms with van der Waals surface area (Å²) in [4.78, 5) is 5.24. The molecule has 0 aliphatic carbocycles. The molecular formula is C11H14BrNO. The van der Waals surface area contributed by atoms with E-state index < -0.39 is 0 Å². The topological polar surface area (TPSA) is 21.6 Å². The maximum absolute atomic E-state index is 5.24. The van der Waals surface area contributed by atoms with Crippen molar-refractivity contribution < 1.29 is 4.84 Å². The average Bonchev–Trinajstić information content (AvgIpc) is 2.06. The third kappa shape index (κ3) is 3.92. The third-order valence-corrected chi connectivity index (χ3v) is 2.15. The molecular weight excluding hydrogens is 242 g/mol. The Hall–Kier alpha value is -0.830. The van der Waals surface area contributed by atoms with Crippen LogP contribution < -0.4 is 0 Å².